The topological polar surface area (TPSA) is 63.2 Å². The maximum atomic E-state index is 12.3. The van der Waals surface area contributed by atoms with Gasteiger partial charge in [-0.15, -0.1) is 0 Å². The van der Waals surface area contributed by atoms with E-state index in [9.17, 15) is 4.79 Å². The molecular formula is C20H19N3O2. The molecule has 0 saturated heterocycles. The zero-order chi connectivity index (χ0) is 17.6. The van der Waals surface area contributed by atoms with E-state index in [4.69, 9.17) is 4.74 Å². The molecule has 0 spiro atoms. The molecule has 5 nitrogen and oxygen atoms in total. The van der Waals surface area contributed by atoms with Crippen molar-refractivity contribution in [3.05, 3.63) is 78.1 Å². The summed E-state index contributed by atoms with van der Waals surface area (Å²) in [6.45, 7) is 2.04. The highest BCUT2D eigenvalue weighted by Gasteiger charge is 2.08. The van der Waals surface area contributed by atoms with Crippen molar-refractivity contribution in [1.29, 1.82) is 0 Å². The van der Waals surface area contributed by atoms with Gasteiger partial charge in [-0.1, -0.05) is 18.2 Å². The van der Waals surface area contributed by atoms with Gasteiger partial charge >= 0.3 is 0 Å². The summed E-state index contributed by atoms with van der Waals surface area (Å²) in [4.78, 5) is 16.5. The molecule has 0 aliphatic heterocycles. The molecule has 25 heavy (non-hydrogen) atoms. The Kier molecular flexibility index (Phi) is 4.95. The van der Waals surface area contributed by atoms with Gasteiger partial charge in [0.2, 0.25) is 0 Å². The fourth-order valence-electron chi connectivity index (χ4n) is 2.39. The molecule has 2 N–H and O–H groups in total. The number of anilines is 3. The van der Waals surface area contributed by atoms with Gasteiger partial charge in [-0.05, 0) is 48.9 Å². The third-order valence-electron chi connectivity index (χ3n) is 3.63. The lowest BCUT2D eigenvalue weighted by Gasteiger charge is -2.09. The minimum absolute atomic E-state index is 0.268. The number of carbonyl (C=O) groups excluding carboxylic acids is 1. The summed E-state index contributed by atoms with van der Waals surface area (Å²) < 4.78 is 5.15. The molecule has 0 unspecified atom stereocenters. The van der Waals surface area contributed by atoms with Crippen LogP contribution in [0.5, 0.6) is 5.75 Å². The van der Waals surface area contributed by atoms with E-state index >= 15 is 0 Å². The SMILES string of the molecule is COc1cccc(NC(=O)c2ccc(Nc3cccc(C)c3)cn2)c1. The maximum absolute atomic E-state index is 12.3. The zero-order valence-electron chi connectivity index (χ0n) is 14.1. The monoisotopic (exact) mass is 333 g/mol. The lowest BCUT2D eigenvalue weighted by molar-refractivity contribution is 0.102. The Morgan fingerprint density at radius 2 is 1.76 bits per heavy atom. The first-order valence-corrected chi connectivity index (χ1v) is 7.89. The summed E-state index contributed by atoms with van der Waals surface area (Å²) in [5.74, 6) is 0.416. The van der Waals surface area contributed by atoms with E-state index < -0.39 is 0 Å². The van der Waals surface area contributed by atoms with Gasteiger partial charge < -0.3 is 15.4 Å². The van der Waals surface area contributed by atoms with Crippen molar-refractivity contribution in [3.8, 4) is 5.75 Å². The predicted molar refractivity (Wildman–Crippen MR) is 99.6 cm³/mol. The number of methoxy groups -OCH3 is 1. The third kappa shape index (κ3) is 4.35. The van der Waals surface area contributed by atoms with Crippen LogP contribution in [0, 0.1) is 6.92 Å². The smallest absolute Gasteiger partial charge is 0.274 e. The molecular weight excluding hydrogens is 314 g/mol. The Balaban J connectivity index is 1.67. The molecule has 0 radical (unpaired) electrons. The summed E-state index contributed by atoms with van der Waals surface area (Å²) in [6, 6.07) is 18.8. The number of ether oxygens (including phenoxy) is 1. The highest BCUT2D eigenvalue weighted by molar-refractivity contribution is 6.03. The Bertz CT molecular complexity index is 876. The van der Waals surface area contributed by atoms with Gasteiger partial charge in [-0.25, -0.2) is 4.98 Å². The molecule has 0 bridgehead atoms. The van der Waals surface area contributed by atoms with Gasteiger partial charge in [-0.2, -0.15) is 0 Å². The Hall–Kier alpha value is -3.34. The van der Waals surface area contributed by atoms with E-state index in [0.717, 1.165) is 11.4 Å². The van der Waals surface area contributed by atoms with Gasteiger partial charge in [0.05, 0.1) is 19.0 Å². The molecule has 3 rings (SSSR count). The summed E-state index contributed by atoms with van der Waals surface area (Å²) in [7, 11) is 1.59. The number of nitrogens with one attached hydrogen (secondary N) is 2. The van der Waals surface area contributed by atoms with Crippen molar-refractivity contribution in [1.82, 2.24) is 4.98 Å². The third-order valence-corrected chi connectivity index (χ3v) is 3.63. The molecule has 0 atom stereocenters. The molecule has 3 aromatic rings. The van der Waals surface area contributed by atoms with Crippen LogP contribution in [0.4, 0.5) is 17.1 Å². The number of rotatable bonds is 5. The summed E-state index contributed by atoms with van der Waals surface area (Å²) >= 11 is 0. The van der Waals surface area contributed by atoms with Crippen molar-refractivity contribution < 1.29 is 9.53 Å². The number of benzene rings is 2. The summed E-state index contributed by atoms with van der Waals surface area (Å²) in [5, 5.41) is 6.07. The molecule has 1 aromatic heterocycles. The van der Waals surface area contributed by atoms with E-state index in [1.165, 1.54) is 5.56 Å². The van der Waals surface area contributed by atoms with Crippen LogP contribution in [0.25, 0.3) is 0 Å². The van der Waals surface area contributed by atoms with Gasteiger partial charge in [0.1, 0.15) is 11.4 Å². The minimum Gasteiger partial charge on any atom is -0.497 e. The average molecular weight is 333 g/mol. The lowest BCUT2D eigenvalue weighted by atomic mass is 10.2. The Morgan fingerprint density at radius 3 is 2.48 bits per heavy atom. The first-order chi connectivity index (χ1) is 12.1. The van der Waals surface area contributed by atoms with E-state index in [1.807, 2.05) is 49.4 Å². The quantitative estimate of drug-likeness (QED) is 0.727. The molecule has 1 amide bonds. The van der Waals surface area contributed by atoms with Crippen molar-refractivity contribution in [2.24, 2.45) is 0 Å². The van der Waals surface area contributed by atoms with Crippen LogP contribution in [-0.2, 0) is 0 Å². The van der Waals surface area contributed by atoms with Crippen molar-refractivity contribution in [2.45, 2.75) is 6.92 Å². The van der Waals surface area contributed by atoms with Crippen LogP contribution in [0.15, 0.2) is 66.9 Å². The standard InChI is InChI=1S/C20H19N3O2/c1-14-5-3-6-15(11-14)22-17-9-10-19(21-13-17)20(24)23-16-7-4-8-18(12-16)25-2/h3-13,22H,1-2H3,(H,23,24). The van der Waals surface area contributed by atoms with Crippen molar-refractivity contribution >= 4 is 23.0 Å². The molecule has 0 aliphatic rings. The van der Waals surface area contributed by atoms with Gasteiger partial charge in [-0.3, -0.25) is 4.79 Å². The predicted octanol–water partition coefficient (Wildman–Crippen LogP) is 4.39. The molecule has 2 aromatic carbocycles. The number of pyridine rings is 1. The summed E-state index contributed by atoms with van der Waals surface area (Å²) in [5.41, 5.74) is 3.98. The van der Waals surface area contributed by atoms with Crippen LogP contribution in [0.2, 0.25) is 0 Å². The molecule has 0 fully saturated rings. The van der Waals surface area contributed by atoms with Gasteiger partial charge in [0.25, 0.3) is 5.91 Å². The molecule has 0 aliphatic carbocycles. The van der Waals surface area contributed by atoms with E-state index in [0.29, 0.717) is 17.1 Å². The minimum atomic E-state index is -0.268. The second-order valence-electron chi connectivity index (χ2n) is 5.61. The van der Waals surface area contributed by atoms with Crippen LogP contribution >= 0.6 is 0 Å². The Morgan fingerprint density at radius 1 is 0.960 bits per heavy atom. The average Bonchev–Trinajstić information content (AvgIpc) is 2.62. The fourth-order valence-corrected chi connectivity index (χ4v) is 2.39. The van der Waals surface area contributed by atoms with E-state index in [2.05, 4.69) is 15.6 Å². The van der Waals surface area contributed by atoms with Crippen LogP contribution in [0.1, 0.15) is 16.1 Å². The van der Waals surface area contributed by atoms with Crippen LogP contribution < -0.4 is 15.4 Å². The first-order valence-electron chi connectivity index (χ1n) is 7.89. The number of aryl methyl sites for hydroxylation is 1. The first kappa shape index (κ1) is 16.5. The lowest BCUT2D eigenvalue weighted by Crippen LogP contribution is -2.13. The summed E-state index contributed by atoms with van der Waals surface area (Å²) in [6.07, 6.45) is 1.64. The van der Waals surface area contributed by atoms with Crippen molar-refractivity contribution in [2.75, 3.05) is 17.7 Å². The zero-order valence-corrected chi connectivity index (χ0v) is 14.1. The number of amides is 1. The van der Waals surface area contributed by atoms with Gasteiger partial charge in [0, 0.05) is 17.4 Å². The van der Waals surface area contributed by atoms with Crippen LogP contribution in [0.3, 0.4) is 0 Å². The van der Waals surface area contributed by atoms with Gasteiger partial charge in [0.15, 0.2) is 0 Å². The number of hydrogen-bond donors (Lipinski definition) is 2. The maximum Gasteiger partial charge on any atom is 0.274 e. The number of aromatic nitrogens is 1. The number of nitrogens with zero attached hydrogens (tertiary/aromatic N) is 1. The van der Waals surface area contributed by atoms with Crippen LogP contribution in [-0.4, -0.2) is 18.0 Å². The number of hydrogen-bond acceptors (Lipinski definition) is 4. The largest absolute Gasteiger partial charge is 0.497 e. The number of carbonyl (C=O) groups is 1. The molecule has 5 heteroatoms. The molecule has 1 heterocycles. The Labute approximate surface area is 146 Å². The second kappa shape index (κ2) is 7.49. The second-order valence-corrected chi connectivity index (χ2v) is 5.61. The van der Waals surface area contributed by atoms with E-state index in [-0.39, 0.29) is 5.91 Å². The molecule has 0 saturated carbocycles. The normalized spacial score (nSPS) is 10.2. The highest BCUT2D eigenvalue weighted by atomic mass is 16.5. The fraction of sp³-hybridized carbons (Fsp3) is 0.100. The highest BCUT2D eigenvalue weighted by Crippen LogP contribution is 2.19. The van der Waals surface area contributed by atoms with Crippen molar-refractivity contribution in [3.63, 3.8) is 0 Å². The molecule has 126 valence electrons. The van der Waals surface area contributed by atoms with E-state index in [1.54, 1.807) is 31.5 Å².